The highest BCUT2D eigenvalue weighted by Gasteiger charge is 2.27. The molecule has 3 heteroatoms. The maximum Gasteiger partial charge on any atom is 0.0704 e. The van der Waals surface area contributed by atoms with Crippen LogP contribution in [0.2, 0.25) is 0 Å². The first kappa shape index (κ1) is 22.1. The van der Waals surface area contributed by atoms with E-state index in [1.165, 1.54) is 49.5 Å². The van der Waals surface area contributed by atoms with E-state index >= 15 is 0 Å². The van der Waals surface area contributed by atoms with Gasteiger partial charge in [0, 0.05) is 23.8 Å². The van der Waals surface area contributed by atoms with Crippen molar-refractivity contribution in [2.24, 2.45) is 23.5 Å². The summed E-state index contributed by atoms with van der Waals surface area (Å²) in [6.07, 6.45) is 15.3. The lowest BCUT2D eigenvalue weighted by Gasteiger charge is -2.34. The van der Waals surface area contributed by atoms with Crippen molar-refractivity contribution in [2.75, 3.05) is 6.54 Å². The molecule has 1 heterocycles. The molecule has 160 valence electrons. The van der Waals surface area contributed by atoms with Gasteiger partial charge in [-0.1, -0.05) is 44.2 Å². The first-order valence-electron chi connectivity index (χ1n) is 11.4. The van der Waals surface area contributed by atoms with Gasteiger partial charge in [0.25, 0.3) is 0 Å². The second kappa shape index (κ2) is 11.0. The Bertz CT molecular complexity index is 883. The molecule has 1 saturated carbocycles. The van der Waals surface area contributed by atoms with Crippen LogP contribution in [-0.2, 0) is 6.42 Å². The second-order valence-corrected chi connectivity index (χ2v) is 8.79. The summed E-state index contributed by atoms with van der Waals surface area (Å²) in [5.41, 5.74) is 10.1. The summed E-state index contributed by atoms with van der Waals surface area (Å²) in [4.78, 5) is 4.52. The predicted octanol–water partition coefficient (Wildman–Crippen LogP) is 6.13. The van der Waals surface area contributed by atoms with Gasteiger partial charge >= 0.3 is 0 Å². The zero-order valence-corrected chi connectivity index (χ0v) is 18.6. The molecule has 1 aliphatic carbocycles. The highest BCUT2D eigenvalue weighted by molar-refractivity contribution is 5.81. The molecule has 1 unspecified atom stereocenters. The zero-order valence-electron chi connectivity index (χ0n) is 18.6. The SMILES string of the molecule is C=C(/C=C\C(C)=C/N)NCC(CC)C1CCC(Cc2ccnc3ccccc23)CC1. The Kier molecular flexibility index (Phi) is 8.12. The number of nitrogens with two attached hydrogens (primary N) is 1. The van der Waals surface area contributed by atoms with E-state index in [9.17, 15) is 0 Å². The summed E-state index contributed by atoms with van der Waals surface area (Å²) in [6.45, 7) is 9.45. The fraction of sp³-hybridized carbons (Fsp3) is 0.444. The fourth-order valence-corrected chi connectivity index (χ4v) is 4.76. The average molecular weight is 404 g/mol. The maximum atomic E-state index is 5.52. The van der Waals surface area contributed by atoms with Gasteiger partial charge in [0.15, 0.2) is 0 Å². The van der Waals surface area contributed by atoms with E-state index in [1.54, 1.807) is 6.20 Å². The molecule has 1 fully saturated rings. The normalized spacial score (nSPS) is 21.1. The minimum atomic E-state index is 0.712. The second-order valence-electron chi connectivity index (χ2n) is 8.79. The van der Waals surface area contributed by atoms with Gasteiger partial charge in [0.05, 0.1) is 5.52 Å². The van der Waals surface area contributed by atoms with Crippen LogP contribution in [0.25, 0.3) is 10.9 Å². The topological polar surface area (TPSA) is 50.9 Å². The van der Waals surface area contributed by atoms with Crippen LogP contribution in [0.1, 0.15) is 51.5 Å². The Morgan fingerprint density at radius 2 is 1.97 bits per heavy atom. The van der Waals surface area contributed by atoms with Crippen molar-refractivity contribution in [1.82, 2.24) is 10.3 Å². The molecule has 1 aromatic carbocycles. The monoisotopic (exact) mass is 403 g/mol. The van der Waals surface area contributed by atoms with Gasteiger partial charge in [0.2, 0.25) is 0 Å². The van der Waals surface area contributed by atoms with Crippen LogP contribution in [0.3, 0.4) is 0 Å². The summed E-state index contributed by atoms with van der Waals surface area (Å²) in [6, 6.07) is 10.7. The number of hydrogen-bond acceptors (Lipinski definition) is 3. The number of nitrogens with zero attached hydrogens (tertiary/aromatic N) is 1. The molecule has 0 aliphatic heterocycles. The highest BCUT2D eigenvalue weighted by atomic mass is 14.9. The van der Waals surface area contributed by atoms with Gasteiger partial charge in [-0.05, 0) is 92.3 Å². The number of fused-ring (bicyclic) bond motifs is 1. The third kappa shape index (κ3) is 5.98. The van der Waals surface area contributed by atoms with Crippen molar-refractivity contribution in [3.05, 3.63) is 78.3 Å². The number of para-hydroxylation sites is 1. The van der Waals surface area contributed by atoms with E-state index < -0.39 is 0 Å². The molecule has 2 aromatic rings. The Morgan fingerprint density at radius 1 is 1.20 bits per heavy atom. The first-order chi connectivity index (χ1) is 14.6. The van der Waals surface area contributed by atoms with Crippen LogP contribution in [0.4, 0.5) is 0 Å². The number of allylic oxidation sites excluding steroid dienone is 3. The van der Waals surface area contributed by atoms with Gasteiger partial charge in [-0.3, -0.25) is 4.98 Å². The first-order valence-corrected chi connectivity index (χ1v) is 11.4. The summed E-state index contributed by atoms with van der Waals surface area (Å²) in [5, 5.41) is 4.85. The van der Waals surface area contributed by atoms with E-state index in [2.05, 4.69) is 54.1 Å². The van der Waals surface area contributed by atoms with Crippen LogP contribution in [-0.4, -0.2) is 11.5 Å². The van der Waals surface area contributed by atoms with E-state index in [0.717, 1.165) is 35.2 Å². The zero-order chi connectivity index (χ0) is 21.3. The summed E-state index contributed by atoms with van der Waals surface area (Å²) < 4.78 is 0. The van der Waals surface area contributed by atoms with Gasteiger partial charge < -0.3 is 11.1 Å². The summed E-state index contributed by atoms with van der Waals surface area (Å²) in [5.74, 6) is 2.32. The fourth-order valence-electron chi connectivity index (χ4n) is 4.76. The highest BCUT2D eigenvalue weighted by Crippen LogP contribution is 2.36. The summed E-state index contributed by atoms with van der Waals surface area (Å²) >= 11 is 0. The van der Waals surface area contributed by atoms with Crippen LogP contribution >= 0.6 is 0 Å². The Balaban J connectivity index is 1.50. The molecule has 0 radical (unpaired) electrons. The molecule has 3 rings (SSSR count). The van der Waals surface area contributed by atoms with E-state index in [0.29, 0.717) is 5.92 Å². The van der Waals surface area contributed by atoms with Crippen LogP contribution < -0.4 is 11.1 Å². The third-order valence-electron chi connectivity index (χ3n) is 6.73. The van der Waals surface area contributed by atoms with Crippen molar-refractivity contribution >= 4 is 10.9 Å². The van der Waals surface area contributed by atoms with Crippen LogP contribution in [0.5, 0.6) is 0 Å². The Hall–Kier alpha value is -2.55. The molecule has 0 bridgehead atoms. The standard InChI is InChI=1S/C27H37N3/c1-4-23(19-30-21(3)10-9-20(2)18-28)24-13-11-22(12-14-24)17-25-15-16-29-27-8-6-5-7-26(25)27/h5-10,15-16,18,22-24,30H,3-4,11-14,17,19,28H2,1-2H3/b10-9-,20-18-. The van der Waals surface area contributed by atoms with Gasteiger partial charge in [-0.2, -0.15) is 0 Å². The van der Waals surface area contributed by atoms with E-state index in [-0.39, 0.29) is 0 Å². The molecular weight excluding hydrogens is 366 g/mol. The van der Waals surface area contributed by atoms with E-state index in [4.69, 9.17) is 5.73 Å². The molecule has 3 nitrogen and oxygen atoms in total. The van der Waals surface area contributed by atoms with Crippen LogP contribution in [0, 0.1) is 17.8 Å². The van der Waals surface area contributed by atoms with Crippen LogP contribution in [0.15, 0.2) is 72.7 Å². The van der Waals surface area contributed by atoms with Gasteiger partial charge in [-0.25, -0.2) is 0 Å². The number of pyridine rings is 1. The average Bonchev–Trinajstić information content (AvgIpc) is 2.79. The Labute approximate surface area is 182 Å². The Morgan fingerprint density at radius 3 is 2.70 bits per heavy atom. The molecule has 1 atom stereocenters. The minimum absolute atomic E-state index is 0.712. The van der Waals surface area contributed by atoms with E-state index in [1.807, 2.05) is 25.3 Å². The number of rotatable bonds is 9. The maximum absolute atomic E-state index is 5.52. The lowest BCUT2D eigenvalue weighted by molar-refractivity contribution is 0.198. The molecule has 0 spiro atoms. The number of benzene rings is 1. The number of aromatic nitrogens is 1. The lowest BCUT2D eigenvalue weighted by Crippen LogP contribution is -2.30. The molecule has 1 aromatic heterocycles. The van der Waals surface area contributed by atoms with Crippen molar-refractivity contribution in [2.45, 2.75) is 52.4 Å². The third-order valence-corrected chi connectivity index (χ3v) is 6.73. The van der Waals surface area contributed by atoms with Crippen molar-refractivity contribution < 1.29 is 0 Å². The molecular formula is C27H37N3. The molecule has 0 amide bonds. The molecule has 3 N–H and O–H groups in total. The molecule has 0 saturated heterocycles. The number of nitrogens with one attached hydrogen (secondary N) is 1. The quantitative estimate of drug-likeness (QED) is 0.495. The van der Waals surface area contributed by atoms with Gasteiger partial charge in [0.1, 0.15) is 0 Å². The molecule has 1 aliphatic rings. The smallest absolute Gasteiger partial charge is 0.0704 e. The summed E-state index contributed by atoms with van der Waals surface area (Å²) in [7, 11) is 0. The predicted molar refractivity (Wildman–Crippen MR) is 129 cm³/mol. The van der Waals surface area contributed by atoms with Gasteiger partial charge in [-0.15, -0.1) is 0 Å². The largest absolute Gasteiger partial charge is 0.404 e. The number of hydrogen-bond donors (Lipinski definition) is 2. The molecule has 30 heavy (non-hydrogen) atoms. The van der Waals surface area contributed by atoms with Crippen molar-refractivity contribution in [3.63, 3.8) is 0 Å². The van der Waals surface area contributed by atoms with Crippen molar-refractivity contribution in [1.29, 1.82) is 0 Å². The van der Waals surface area contributed by atoms with Crippen molar-refractivity contribution in [3.8, 4) is 0 Å². The lowest BCUT2D eigenvalue weighted by atomic mass is 9.73. The minimum Gasteiger partial charge on any atom is -0.404 e.